The average Bonchev–Trinajstić information content (AvgIpc) is 2.99. The Kier molecular flexibility index (Phi) is 4.60. The molecule has 2 aromatic rings. The zero-order valence-corrected chi connectivity index (χ0v) is 12.0. The Morgan fingerprint density at radius 3 is 2.74 bits per heavy atom. The Morgan fingerprint density at radius 1 is 1.43 bits per heavy atom. The number of alkyl halides is 3. The predicted molar refractivity (Wildman–Crippen MR) is 80.1 cm³/mol. The minimum absolute atomic E-state index is 0.294. The van der Waals surface area contributed by atoms with Gasteiger partial charge in [-0.05, 0) is 12.8 Å². The standard InChI is InChI=1S/C15H12F3N5/c1-3-11-13(21-9-22-14(11)20-2)10-5-7-23(8-10)12(4-6-19)15(16,17)18/h3,5,7-9,12H,1-2,4H2/t12-/m0/s1. The van der Waals surface area contributed by atoms with Crippen LogP contribution in [0.15, 0.2) is 36.4 Å². The highest BCUT2D eigenvalue weighted by molar-refractivity contribution is 5.77. The molecule has 0 spiro atoms. The van der Waals surface area contributed by atoms with E-state index >= 15 is 0 Å². The molecule has 0 N–H and O–H groups in total. The van der Waals surface area contributed by atoms with Gasteiger partial charge < -0.3 is 4.57 Å². The molecule has 0 fully saturated rings. The topological polar surface area (TPSA) is 66.9 Å². The summed E-state index contributed by atoms with van der Waals surface area (Å²) in [7, 11) is 0. The molecule has 0 bridgehead atoms. The van der Waals surface area contributed by atoms with Gasteiger partial charge in [0.2, 0.25) is 0 Å². The van der Waals surface area contributed by atoms with Gasteiger partial charge in [-0.3, -0.25) is 0 Å². The van der Waals surface area contributed by atoms with Crippen LogP contribution in [0, 0.1) is 11.3 Å². The number of halogens is 3. The van der Waals surface area contributed by atoms with Crippen LogP contribution < -0.4 is 0 Å². The lowest BCUT2D eigenvalue weighted by Crippen LogP contribution is -2.25. The van der Waals surface area contributed by atoms with Gasteiger partial charge in [0.15, 0.2) is 5.82 Å². The zero-order chi connectivity index (χ0) is 17.0. The molecule has 0 saturated carbocycles. The van der Waals surface area contributed by atoms with E-state index in [0.717, 1.165) is 4.57 Å². The maximum Gasteiger partial charge on any atom is 0.410 e. The van der Waals surface area contributed by atoms with Gasteiger partial charge >= 0.3 is 6.18 Å². The summed E-state index contributed by atoms with van der Waals surface area (Å²) in [5.41, 5.74) is 1.32. The van der Waals surface area contributed by atoms with Gasteiger partial charge in [-0.2, -0.15) is 18.4 Å². The fraction of sp³-hybridized carbons (Fsp3) is 0.200. The van der Waals surface area contributed by atoms with Crippen molar-refractivity contribution < 1.29 is 13.2 Å². The van der Waals surface area contributed by atoms with E-state index in [-0.39, 0.29) is 0 Å². The lowest BCUT2D eigenvalue weighted by molar-refractivity contribution is -0.166. The molecule has 2 rings (SSSR count). The molecule has 0 aliphatic heterocycles. The van der Waals surface area contributed by atoms with Crippen LogP contribution in [0.25, 0.3) is 17.3 Å². The van der Waals surface area contributed by atoms with Gasteiger partial charge in [0.25, 0.3) is 0 Å². The number of rotatable bonds is 5. The predicted octanol–water partition coefficient (Wildman–Crippen LogP) is 3.94. The molecule has 23 heavy (non-hydrogen) atoms. The van der Waals surface area contributed by atoms with Crippen molar-refractivity contribution >= 4 is 18.6 Å². The molecule has 2 heterocycles. The Morgan fingerprint density at radius 2 is 2.17 bits per heavy atom. The lowest BCUT2D eigenvalue weighted by atomic mass is 10.1. The second kappa shape index (κ2) is 6.44. The Balaban J connectivity index is 2.50. The zero-order valence-electron chi connectivity index (χ0n) is 12.0. The molecule has 0 amide bonds. The molecule has 0 aromatic carbocycles. The number of nitrogens with zero attached hydrogens (tertiary/aromatic N) is 5. The number of hydrogen-bond acceptors (Lipinski definition) is 4. The molecule has 0 unspecified atom stereocenters. The van der Waals surface area contributed by atoms with E-state index in [0.29, 0.717) is 22.6 Å². The highest BCUT2D eigenvalue weighted by Gasteiger charge is 2.40. The van der Waals surface area contributed by atoms with Crippen LogP contribution in [0.3, 0.4) is 0 Å². The molecule has 2 aromatic heterocycles. The van der Waals surface area contributed by atoms with E-state index in [4.69, 9.17) is 5.26 Å². The first-order valence-corrected chi connectivity index (χ1v) is 6.48. The molecule has 0 aliphatic rings. The summed E-state index contributed by atoms with van der Waals surface area (Å²) in [6, 6.07) is 1.13. The van der Waals surface area contributed by atoms with Crippen LogP contribution in [0.2, 0.25) is 0 Å². The lowest BCUT2D eigenvalue weighted by Gasteiger charge is -2.19. The van der Waals surface area contributed by atoms with Crippen molar-refractivity contribution in [3.63, 3.8) is 0 Å². The third kappa shape index (κ3) is 3.29. The van der Waals surface area contributed by atoms with Gasteiger partial charge in [0, 0.05) is 23.5 Å². The van der Waals surface area contributed by atoms with E-state index in [1.165, 1.54) is 30.9 Å². The Labute approximate surface area is 130 Å². The molecular formula is C15H12F3N5. The summed E-state index contributed by atoms with van der Waals surface area (Å²) in [6.45, 7) is 7.02. The van der Waals surface area contributed by atoms with Crippen molar-refractivity contribution in [3.8, 4) is 17.3 Å². The number of hydrogen-bond donors (Lipinski definition) is 0. The van der Waals surface area contributed by atoms with E-state index < -0.39 is 18.6 Å². The van der Waals surface area contributed by atoms with Gasteiger partial charge in [0.1, 0.15) is 12.4 Å². The molecule has 0 aliphatic carbocycles. The number of nitriles is 1. The third-order valence-electron chi connectivity index (χ3n) is 3.23. The molecular weight excluding hydrogens is 307 g/mol. The number of aromatic nitrogens is 3. The SMILES string of the molecule is C=Cc1c(N=C)ncnc1-c1ccn([C@@H](CC#N)C(F)(F)F)c1. The summed E-state index contributed by atoms with van der Waals surface area (Å²) >= 11 is 0. The largest absolute Gasteiger partial charge is 0.410 e. The van der Waals surface area contributed by atoms with E-state index in [1.54, 1.807) is 6.07 Å². The van der Waals surface area contributed by atoms with Gasteiger partial charge in [0.05, 0.1) is 18.2 Å². The number of aliphatic imine (C=N–C) groups is 1. The maximum absolute atomic E-state index is 13.0. The van der Waals surface area contributed by atoms with Crippen molar-refractivity contribution in [1.29, 1.82) is 5.26 Å². The van der Waals surface area contributed by atoms with Crippen LogP contribution in [0.1, 0.15) is 18.0 Å². The highest BCUT2D eigenvalue weighted by Crippen LogP contribution is 2.35. The summed E-state index contributed by atoms with van der Waals surface area (Å²) < 4.78 is 40.0. The Bertz CT molecular complexity index is 770. The van der Waals surface area contributed by atoms with Gasteiger partial charge in [-0.15, -0.1) is 0 Å². The molecule has 5 nitrogen and oxygen atoms in total. The third-order valence-corrected chi connectivity index (χ3v) is 3.23. The average molecular weight is 319 g/mol. The molecule has 1 atom stereocenters. The molecule has 0 radical (unpaired) electrons. The van der Waals surface area contributed by atoms with Gasteiger partial charge in [-0.25, -0.2) is 15.0 Å². The smallest absolute Gasteiger partial charge is 0.341 e. The first kappa shape index (κ1) is 16.4. The second-order valence-corrected chi connectivity index (χ2v) is 4.59. The fourth-order valence-corrected chi connectivity index (χ4v) is 2.15. The van der Waals surface area contributed by atoms with Crippen molar-refractivity contribution in [1.82, 2.24) is 14.5 Å². The maximum atomic E-state index is 13.0. The van der Waals surface area contributed by atoms with Crippen LogP contribution in [0.5, 0.6) is 0 Å². The van der Waals surface area contributed by atoms with Crippen LogP contribution in [-0.2, 0) is 0 Å². The minimum Gasteiger partial charge on any atom is -0.341 e. The van der Waals surface area contributed by atoms with E-state index in [2.05, 4.69) is 28.3 Å². The normalized spacial score (nSPS) is 12.4. The van der Waals surface area contributed by atoms with Crippen molar-refractivity contribution in [2.45, 2.75) is 18.6 Å². The van der Waals surface area contributed by atoms with Crippen LogP contribution in [-0.4, -0.2) is 27.4 Å². The first-order valence-electron chi connectivity index (χ1n) is 6.48. The summed E-state index contributed by atoms with van der Waals surface area (Å²) in [6.07, 6.45) is 0.0773. The molecule has 8 heteroatoms. The van der Waals surface area contributed by atoms with Crippen molar-refractivity contribution in [2.75, 3.05) is 0 Å². The highest BCUT2D eigenvalue weighted by atomic mass is 19.4. The summed E-state index contributed by atoms with van der Waals surface area (Å²) in [5.74, 6) is 0.294. The van der Waals surface area contributed by atoms with Crippen molar-refractivity contribution in [3.05, 3.63) is 36.9 Å². The van der Waals surface area contributed by atoms with Crippen LogP contribution >= 0.6 is 0 Å². The Hall–Kier alpha value is -2.95. The minimum atomic E-state index is -4.52. The molecule has 0 saturated heterocycles. The summed E-state index contributed by atoms with van der Waals surface area (Å²) in [5, 5.41) is 8.62. The van der Waals surface area contributed by atoms with Gasteiger partial charge in [-0.1, -0.05) is 12.7 Å². The first-order chi connectivity index (χ1) is 10.9. The molecule has 118 valence electrons. The quantitative estimate of drug-likeness (QED) is 0.784. The van der Waals surface area contributed by atoms with E-state index in [9.17, 15) is 13.2 Å². The monoisotopic (exact) mass is 319 g/mol. The van der Waals surface area contributed by atoms with E-state index in [1.807, 2.05) is 0 Å². The van der Waals surface area contributed by atoms with Crippen molar-refractivity contribution in [2.24, 2.45) is 4.99 Å². The van der Waals surface area contributed by atoms with Crippen LogP contribution in [0.4, 0.5) is 19.0 Å². The second-order valence-electron chi connectivity index (χ2n) is 4.59. The summed E-state index contributed by atoms with van der Waals surface area (Å²) in [4.78, 5) is 11.7. The fourth-order valence-electron chi connectivity index (χ4n) is 2.15.